The minimum absolute atomic E-state index is 0.0479. The zero-order valence-electron chi connectivity index (χ0n) is 23.4. The largest absolute Gasteiger partial charge is 0.457 e. The third-order valence-electron chi connectivity index (χ3n) is 7.49. The molecule has 6 heteroatoms. The highest BCUT2D eigenvalue weighted by molar-refractivity contribution is 6.30. The van der Waals surface area contributed by atoms with E-state index in [0.29, 0.717) is 29.6 Å². The van der Waals surface area contributed by atoms with Gasteiger partial charge in [0.15, 0.2) is 0 Å². The van der Waals surface area contributed by atoms with Gasteiger partial charge in [-0.05, 0) is 76.9 Å². The zero-order valence-corrected chi connectivity index (χ0v) is 24.2. The molecule has 214 valence electrons. The van der Waals surface area contributed by atoms with E-state index in [-0.39, 0.29) is 24.1 Å². The molecule has 43 heavy (non-hydrogen) atoms. The minimum Gasteiger partial charge on any atom is -0.457 e. The van der Waals surface area contributed by atoms with Gasteiger partial charge in [-0.2, -0.15) is 0 Å². The van der Waals surface area contributed by atoms with E-state index in [1.54, 1.807) is 24.3 Å². The summed E-state index contributed by atoms with van der Waals surface area (Å²) in [7, 11) is 0. The van der Waals surface area contributed by atoms with Crippen LogP contribution in [0.3, 0.4) is 0 Å². The Morgan fingerprint density at radius 3 is 2.33 bits per heavy atom. The van der Waals surface area contributed by atoms with Crippen LogP contribution >= 0.6 is 11.6 Å². The highest BCUT2D eigenvalue weighted by Gasteiger charge is 2.23. The zero-order chi connectivity index (χ0) is 29.6. The Kier molecular flexibility index (Phi) is 8.52. The molecule has 0 aliphatic carbocycles. The number of carbonyl (C=O) groups excluding carboxylic acids is 1. The van der Waals surface area contributed by atoms with E-state index in [0.717, 1.165) is 33.2 Å². The van der Waals surface area contributed by atoms with E-state index in [2.05, 4.69) is 28.2 Å². The number of nitrogens with one attached hydrogen (secondary N) is 1. The standard InChI is InChI=1S/C37H30ClFN2O2/c38-29-15-19-31(20-16-29)43-32-10-6-9-28(21-32)34(22-37(42)40-23-26-7-2-1-3-8-26)35-25-41(36-12-5-4-11-33(35)36)24-27-13-17-30(39)18-14-27/h1-21,25,34H,22-24H2,(H,40,42)/t34-/m0/s1. The lowest BCUT2D eigenvalue weighted by molar-refractivity contribution is -0.121. The number of fused-ring (bicyclic) bond motifs is 1. The van der Waals surface area contributed by atoms with Crippen LogP contribution in [0.25, 0.3) is 10.9 Å². The predicted molar refractivity (Wildman–Crippen MR) is 170 cm³/mol. The van der Waals surface area contributed by atoms with Gasteiger partial charge in [-0.3, -0.25) is 4.79 Å². The van der Waals surface area contributed by atoms with E-state index in [1.165, 1.54) is 12.1 Å². The fourth-order valence-electron chi connectivity index (χ4n) is 5.37. The molecular formula is C37H30ClFN2O2. The molecule has 6 aromatic rings. The SMILES string of the molecule is O=C(C[C@@H](c1cccc(Oc2ccc(Cl)cc2)c1)c1cn(Cc2ccc(F)cc2)c2ccccc12)NCc1ccccc1. The lowest BCUT2D eigenvalue weighted by Gasteiger charge is -2.18. The summed E-state index contributed by atoms with van der Waals surface area (Å²) in [5.41, 5.74) is 5.08. The molecule has 1 atom stereocenters. The molecule has 0 spiro atoms. The van der Waals surface area contributed by atoms with Crippen molar-refractivity contribution in [3.63, 3.8) is 0 Å². The molecular weight excluding hydrogens is 559 g/mol. The van der Waals surface area contributed by atoms with Crippen LogP contribution < -0.4 is 10.1 Å². The second-order valence-electron chi connectivity index (χ2n) is 10.5. The molecule has 0 aliphatic heterocycles. The summed E-state index contributed by atoms with van der Waals surface area (Å²) in [6.45, 7) is 1.03. The molecule has 0 fully saturated rings. The predicted octanol–water partition coefficient (Wildman–Crippen LogP) is 9.11. The second-order valence-corrected chi connectivity index (χ2v) is 10.9. The summed E-state index contributed by atoms with van der Waals surface area (Å²) >= 11 is 6.06. The number of halogens is 2. The topological polar surface area (TPSA) is 43.3 Å². The minimum atomic E-state index is -0.260. The number of aromatic nitrogens is 1. The smallest absolute Gasteiger partial charge is 0.221 e. The summed E-state index contributed by atoms with van der Waals surface area (Å²) in [6.07, 6.45) is 2.37. The summed E-state index contributed by atoms with van der Waals surface area (Å²) in [5, 5.41) is 4.81. The lowest BCUT2D eigenvalue weighted by Crippen LogP contribution is -2.25. The summed E-state index contributed by atoms with van der Waals surface area (Å²) < 4.78 is 21.9. The fraction of sp³-hybridized carbons (Fsp3) is 0.108. The average molecular weight is 589 g/mol. The van der Waals surface area contributed by atoms with Crippen molar-refractivity contribution < 1.29 is 13.9 Å². The molecule has 0 radical (unpaired) electrons. The molecule has 4 nitrogen and oxygen atoms in total. The van der Waals surface area contributed by atoms with Crippen LogP contribution in [-0.2, 0) is 17.9 Å². The van der Waals surface area contributed by atoms with Crippen molar-refractivity contribution in [1.82, 2.24) is 9.88 Å². The fourth-order valence-corrected chi connectivity index (χ4v) is 5.49. The van der Waals surface area contributed by atoms with E-state index >= 15 is 0 Å². The van der Waals surface area contributed by atoms with Crippen LogP contribution in [0.15, 0.2) is 134 Å². The Balaban J connectivity index is 1.36. The maximum atomic E-state index is 13.6. The Hall–Kier alpha value is -4.87. The summed E-state index contributed by atoms with van der Waals surface area (Å²) in [6, 6.07) is 39.8. The highest BCUT2D eigenvalue weighted by atomic mass is 35.5. The molecule has 6 rings (SSSR count). The third-order valence-corrected chi connectivity index (χ3v) is 7.74. The first kappa shape index (κ1) is 28.3. The van der Waals surface area contributed by atoms with Crippen molar-refractivity contribution >= 4 is 28.4 Å². The molecule has 0 saturated carbocycles. The van der Waals surface area contributed by atoms with Gasteiger partial charge in [-0.25, -0.2) is 4.39 Å². The van der Waals surface area contributed by atoms with Crippen LogP contribution in [-0.4, -0.2) is 10.5 Å². The van der Waals surface area contributed by atoms with Crippen LogP contribution in [0, 0.1) is 5.82 Å². The Morgan fingerprint density at radius 1 is 0.791 bits per heavy atom. The molecule has 0 bridgehead atoms. The maximum Gasteiger partial charge on any atom is 0.221 e. The number of hydrogen-bond donors (Lipinski definition) is 1. The van der Waals surface area contributed by atoms with Gasteiger partial charge in [-0.1, -0.05) is 84.4 Å². The number of benzene rings is 5. The van der Waals surface area contributed by atoms with E-state index < -0.39 is 0 Å². The van der Waals surface area contributed by atoms with Crippen LogP contribution in [0.5, 0.6) is 11.5 Å². The number of carbonyl (C=O) groups is 1. The monoisotopic (exact) mass is 588 g/mol. The quantitative estimate of drug-likeness (QED) is 0.173. The first-order valence-corrected chi connectivity index (χ1v) is 14.6. The van der Waals surface area contributed by atoms with Gasteiger partial charge >= 0.3 is 0 Å². The average Bonchev–Trinajstić information content (AvgIpc) is 3.39. The number of ether oxygens (including phenoxy) is 1. The van der Waals surface area contributed by atoms with Crippen molar-refractivity contribution in [3.05, 3.63) is 167 Å². The van der Waals surface area contributed by atoms with Gasteiger partial charge < -0.3 is 14.6 Å². The van der Waals surface area contributed by atoms with E-state index in [4.69, 9.17) is 16.3 Å². The molecule has 1 aromatic heterocycles. The van der Waals surface area contributed by atoms with Crippen molar-refractivity contribution in [3.8, 4) is 11.5 Å². The number of nitrogens with zero attached hydrogens (tertiary/aromatic N) is 1. The number of para-hydroxylation sites is 1. The molecule has 5 aromatic carbocycles. The number of rotatable bonds is 10. The Morgan fingerprint density at radius 2 is 1.53 bits per heavy atom. The van der Waals surface area contributed by atoms with Gasteiger partial charge in [0.1, 0.15) is 17.3 Å². The van der Waals surface area contributed by atoms with Gasteiger partial charge in [0.25, 0.3) is 0 Å². The van der Waals surface area contributed by atoms with Crippen LogP contribution in [0.2, 0.25) is 5.02 Å². The first-order chi connectivity index (χ1) is 21.0. The van der Waals surface area contributed by atoms with Crippen LogP contribution in [0.1, 0.15) is 34.6 Å². The molecule has 0 aliphatic rings. The highest BCUT2D eigenvalue weighted by Crippen LogP contribution is 2.37. The third kappa shape index (κ3) is 6.96. The molecule has 1 heterocycles. The second kappa shape index (κ2) is 13.0. The van der Waals surface area contributed by atoms with Crippen molar-refractivity contribution in [1.29, 1.82) is 0 Å². The molecule has 1 amide bonds. The molecule has 0 unspecified atom stereocenters. The number of hydrogen-bond acceptors (Lipinski definition) is 2. The van der Waals surface area contributed by atoms with Crippen molar-refractivity contribution in [2.24, 2.45) is 0 Å². The van der Waals surface area contributed by atoms with Gasteiger partial charge in [0.05, 0.1) is 0 Å². The lowest BCUT2D eigenvalue weighted by atomic mass is 9.88. The van der Waals surface area contributed by atoms with Gasteiger partial charge in [0.2, 0.25) is 5.91 Å². The van der Waals surface area contributed by atoms with Crippen molar-refractivity contribution in [2.45, 2.75) is 25.4 Å². The van der Waals surface area contributed by atoms with E-state index in [1.807, 2.05) is 78.9 Å². The Labute approximate surface area is 255 Å². The van der Waals surface area contributed by atoms with E-state index in [9.17, 15) is 9.18 Å². The van der Waals surface area contributed by atoms with Crippen LogP contribution in [0.4, 0.5) is 4.39 Å². The van der Waals surface area contributed by atoms with Gasteiger partial charge in [-0.15, -0.1) is 0 Å². The number of amides is 1. The maximum absolute atomic E-state index is 13.6. The Bertz CT molecular complexity index is 1830. The van der Waals surface area contributed by atoms with Crippen molar-refractivity contribution in [2.75, 3.05) is 0 Å². The summed E-state index contributed by atoms with van der Waals surface area (Å²) in [5.74, 6) is 0.792. The normalized spacial score (nSPS) is 11.8. The first-order valence-electron chi connectivity index (χ1n) is 14.2. The van der Waals surface area contributed by atoms with Gasteiger partial charge in [0, 0.05) is 47.6 Å². The molecule has 1 N–H and O–H groups in total. The molecule has 0 saturated heterocycles. The summed E-state index contributed by atoms with van der Waals surface area (Å²) in [4.78, 5) is 13.4.